The van der Waals surface area contributed by atoms with Gasteiger partial charge in [0.1, 0.15) is 18.2 Å². The van der Waals surface area contributed by atoms with Gasteiger partial charge in [-0.25, -0.2) is 4.39 Å². The molecule has 4 nitrogen and oxygen atoms in total. The van der Waals surface area contributed by atoms with Crippen molar-refractivity contribution in [1.82, 2.24) is 5.32 Å². The summed E-state index contributed by atoms with van der Waals surface area (Å²) in [5.74, 6) is -0.296. The first kappa shape index (κ1) is 22.9. The van der Waals surface area contributed by atoms with E-state index in [2.05, 4.69) is 25.2 Å². The predicted molar refractivity (Wildman–Crippen MR) is 116 cm³/mol. The minimum atomic E-state index is -0.296. The van der Waals surface area contributed by atoms with E-state index in [9.17, 15) is 9.18 Å². The van der Waals surface area contributed by atoms with Crippen LogP contribution < -0.4 is 10.2 Å². The van der Waals surface area contributed by atoms with Crippen molar-refractivity contribution in [1.29, 1.82) is 5.26 Å². The Hall–Kier alpha value is -2.42. The fourth-order valence-corrected chi connectivity index (χ4v) is 3.54. The molecule has 0 bridgehead atoms. The second kappa shape index (κ2) is 11.5. The van der Waals surface area contributed by atoms with E-state index in [1.54, 1.807) is 36.4 Å². The monoisotopic (exact) mass is 415 g/mol. The summed E-state index contributed by atoms with van der Waals surface area (Å²) in [7, 11) is 0. The van der Waals surface area contributed by atoms with Gasteiger partial charge >= 0.3 is 0 Å². The molecule has 0 fully saturated rings. The third-order valence-electron chi connectivity index (χ3n) is 5.14. The highest BCUT2D eigenvalue weighted by Crippen LogP contribution is 2.27. The van der Waals surface area contributed by atoms with Gasteiger partial charge in [-0.3, -0.25) is 0 Å². The molecule has 1 N–H and O–H groups in total. The molecule has 0 unspecified atom stereocenters. The maximum Gasteiger partial charge on any atom is 0.128 e. The third kappa shape index (κ3) is 6.28. The Morgan fingerprint density at radius 3 is 2.55 bits per heavy atom. The summed E-state index contributed by atoms with van der Waals surface area (Å²) >= 11 is 6.25. The van der Waals surface area contributed by atoms with Gasteiger partial charge in [0.05, 0.1) is 10.6 Å². The molecule has 154 valence electrons. The number of hydrogen-bond acceptors (Lipinski definition) is 4. The summed E-state index contributed by atoms with van der Waals surface area (Å²) in [5, 5.41) is 13.0. The molecule has 0 amide bonds. The first-order valence-corrected chi connectivity index (χ1v) is 10.3. The molecule has 0 spiro atoms. The standard InChI is InChI=1S/C23H27ClFN3O/c1-3-19(4-2)27-15-21(11-12-29)28(16-18-7-5-6-8-23(18)25)20-10-9-17(14-26)22(24)13-20/h5-10,12-13,19,21,27H,3-4,11,15-16H2,1-2H3/t21-/m0/s1. The van der Waals surface area contributed by atoms with Crippen LogP contribution in [0.15, 0.2) is 42.5 Å². The van der Waals surface area contributed by atoms with Crippen molar-refractivity contribution < 1.29 is 9.18 Å². The number of benzene rings is 2. The van der Waals surface area contributed by atoms with Gasteiger partial charge in [-0.05, 0) is 37.1 Å². The second-order valence-corrected chi connectivity index (χ2v) is 7.38. The molecule has 0 aromatic heterocycles. The smallest absolute Gasteiger partial charge is 0.128 e. The van der Waals surface area contributed by atoms with E-state index in [0.29, 0.717) is 35.2 Å². The molecule has 2 rings (SSSR count). The van der Waals surface area contributed by atoms with E-state index in [1.807, 2.05) is 4.90 Å². The zero-order valence-electron chi connectivity index (χ0n) is 16.9. The number of nitrogens with zero attached hydrogens (tertiary/aromatic N) is 2. The lowest BCUT2D eigenvalue weighted by molar-refractivity contribution is -0.108. The van der Waals surface area contributed by atoms with Gasteiger partial charge in [-0.15, -0.1) is 0 Å². The minimum Gasteiger partial charge on any atom is -0.362 e. The van der Waals surface area contributed by atoms with Crippen molar-refractivity contribution in [3.8, 4) is 6.07 Å². The maximum absolute atomic E-state index is 14.4. The largest absolute Gasteiger partial charge is 0.362 e. The average Bonchev–Trinajstić information content (AvgIpc) is 2.73. The topological polar surface area (TPSA) is 56.1 Å². The molecule has 1 atom stereocenters. The van der Waals surface area contributed by atoms with Crippen LogP contribution in [0.5, 0.6) is 0 Å². The van der Waals surface area contributed by atoms with Crippen LogP contribution in [0.3, 0.4) is 0 Å². The molecule has 0 saturated carbocycles. The Morgan fingerprint density at radius 1 is 1.24 bits per heavy atom. The highest BCUT2D eigenvalue weighted by Gasteiger charge is 2.22. The molecule has 0 saturated heterocycles. The molecule has 6 heteroatoms. The zero-order valence-corrected chi connectivity index (χ0v) is 17.6. The summed E-state index contributed by atoms with van der Waals surface area (Å²) < 4.78 is 14.4. The molecule has 2 aromatic carbocycles. The summed E-state index contributed by atoms with van der Waals surface area (Å²) in [6.45, 7) is 5.11. The Morgan fingerprint density at radius 2 is 1.97 bits per heavy atom. The van der Waals surface area contributed by atoms with Crippen molar-refractivity contribution in [2.75, 3.05) is 11.4 Å². The van der Waals surface area contributed by atoms with Crippen molar-refractivity contribution >= 4 is 23.6 Å². The van der Waals surface area contributed by atoms with E-state index >= 15 is 0 Å². The number of rotatable bonds is 11. The summed E-state index contributed by atoms with van der Waals surface area (Å²) in [6.07, 6.45) is 3.15. The van der Waals surface area contributed by atoms with Crippen LogP contribution in [0.25, 0.3) is 0 Å². The number of hydrogen-bond donors (Lipinski definition) is 1. The Balaban J connectivity index is 2.40. The van der Waals surface area contributed by atoms with E-state index in [-0.39, 0.29) is 18.4 Å². The highest BCUT2D eigenvalue weighted by molar-refractivity contribution is 6.32. The van der Waals surface area contributed by atoms with Gasteiger partial charge in [-0.2, -0.15) is 5.26 Å². The van der Waals surface area contributed by atoms with Gasteiger partial charge in [0.25, 0.3) is 0 Å². The third-order valence-corrected chi connectivity index (χ3v) is 5.45. The van der Waals surface area contributed by atoms with Crippen LogP contribution in [-0.2, 0) is 11.3 Å². The average molecular weight is 416 g/mol. The Labute approximate surface area is 177 Å². The van der Waals surface area contributed by atoms with Crippen LogP contribution >= 0.6 is 11.6 Å². The van der Waals surface area contributed by atoms with E-state index < -0.39 is 0 Å². The van der Waals surface area contributed by atoms with Crippen molar-refractivity contribution in [3.05, 3.63) is 64.4 Å². The fourth-order valence-electron chi connectivity index (χ4n) is 3.33. The number of nitriles is 1. The predicted octanol–water partition coefficient (Wildman–Crippen LogP) is 5.09. The van der Waals surface area contributed by atoms with Gasteiger partial charge < -0.3 is 15.0 Å². The molecule has 0 aliphatic heterocycles. The lowest BCUT2D eigenvalue weighted by Crippen LogP contribution is -2.45. The molecule has 0 radical (unpaired) electrons. The maximum atomic E-state index is 14.4. The minimum absolute atomic E-state index is 0.184. The number of halogens is 2. The molecule has 29 heavy (non-hydrogen) atoms. The van der Waals surface area contributed by atoms with E-state index in [0.717, 1.165) is 24.8 Å². The van der Waals surface area contributed by atoms with Gasteiger partial charge in [0.2, 0.25) is 0 Å². The second-order valence-electron chi connectivity index (χ2n) is 6.97. The van der Waals surface area contributed by atoms with Crippen LogP contribution in [-0.4, -0.2) is 24.9 Å². The summed E-state index contributed by atoms with van der Waals surface area (Å²) in [5.41, 5.74) is 1.66. The van der Waals surface area contributed by atoms with Crippen molar-refractivity contribution in [2.24, 2.45) is 0 Å². The van der Waals surface area contributed by atoms with Crippen LogP contribution in [0, 0.1) is 17.1 Å². The van der Waals surface area contributed by atoms with Gasteiger partial charge in [0, 0.05) is 42.8 Å². The molecule has 0 aliphatic rings. The first-order chi connectivity index (χ1) is 14.0. The summed E-state index contributed by atoms with van der Waals surface area (Å²) in [6, 6.07) is 14.0. The lowest BCUT2D eigenvalue weighted by atomic mass is 10.1. The summed E-state index contributed by atoms with van der Waals surface area (Å²) in [4.78, 5) is 13.4. The first-order valence-electron chi connectivity index (χ1n) is 9.90. The van der Waals surface area contributed by atoms with Crippen LogP contribution in [0.1, 0.15) is 44.2 Å². The highest BCUT2D eigenvalue weighted by atomic mass is 35.5. The SMILES string of the molecule is CCC(CC)NC[C@H](CC=O)N(Cc1ccccc1F)c1ccc(C#N)c(Cl)c1. The fraction of sp³-hybridized carbons (Fsp3) is 0.391. The van der Waals surface area contributed by atoms with Gasteiger partial charge in [-0.1, -0.05) is 43.6 Å². The lowest BCUT2D eigenvalue weighted by Gasteiger charge is -2.34. The van der Waals surface area contributed by atoms with Gasteiger partial charge in [0.15, 0.2) is 0 Å². The quantitative estimate of drug-likeness (QED) is 0.519. The Kier molecular flexibility index (Phi) is 9.11. The number of aldehydes is 1. The molecular formula is C23H27ClFN3O. The number of carbonyl (C=O) groups is 1. The molecular weight excluding hydrogens is 389 g/mol. The van der Waals surface area contributed by atoms with Crippen molar-refractivity contribution in [3.63, 3.8) is 0 Å². The molecule has 2 aromatic rings. The van der Waals surface area contributed by atoms with E-state index in [4.69, 9.17) is 16.9 Å². The van der Waals surface area contributed by atoms with E-state index in [1.165, 1.54) is 6.07 Å². The van der Waals surface area contributed by atoms with Crippen LogP contribution in [0.2, 0.25) is 5.02 Å². The zero-order chi connectivity index (χ0) is 21.2. The molecule has 0 aliphatic carbocycles. The number of anilines is 1. The molecule has 0 heterocycles. The number of carbonyl (C=O) groups excluding carboxylic acids is 1. The van der Waals surface area contributed by atoms with Crippen molar-refractivity contribution in [2.45, 2.75) is 51.7 Å². The van der Waals surface area contributed by atoms with Crippen LogP contribution in [0.4, 0.5) is 10.1 Å². The normalized spacial score (nSPS) is 11.9. The number of nitrogens with one attached hydrogen (secondary N) is 1. The Bertz CT molecular complexity index is 848.